The Balaban J connectivity index is 1.85. The number of nitrogens with one attached hydrogen (secondary N) is 1. The summed E-state index contributed by atoms with van der Waals surface area (Å²) in [7, 11) is -1.88. The van der Waals surface area contributed by atoms with Crippen molar-refractivity contribution in [2.75, 3.05) is 0 Å². The fourth-order valence-corrected chi connectivity index (χ4v) is 4.06. The highest BCUT2D eigenvalue weighted by molar-refractivity contribution is 7.89. The van der Waals surface area contributed by atoms with Gasteiger partial charge in [-0.25, -0.2) is 18.1 Å². The van der Waals surface area contributed by atoms with E-state index in [9.17, 15) is 8.42 Å². The van der Waals surface area contributed by atoms with E-state index in [2.05, 4.69) is 9.71 Å². The number of thiophene rings is 1. The second-order valence-electron chi connectivity index (χ2n) is 4.60. The number of hydrogen-bond donors (Lipinski definition) is 1. The predicted molar refractivity (Wildman–Crippen MR) is 84.1 cm³/mol. The zero-order chi connectivity index (χ0) is 15.0. The molecule has 0 amide bonds. The molecule has 0 atom stereocenters. The second-order valence-corrected chi connectivity index (χ2v) is 7.66. The fourth-order valence-electron chi connectivity index (χ4n) is 1.97. The molecule has 0 radical (unpaired) electrons. The number of aromatic nitrogens is 2. The number of hydrogen-bond acceptors (Lipinski definition) is 4. The smallest absolute Gasteiger partial charge is 0.259 e. The van der Waals surface area contributed by atoms with E-state index in [0.717, 1.165) is 15.6 Å². The molecule has 0 aliphatic heterocycles. The summed E-state index contributed by atoms with van der Waals surface area (Å²) in [4.78, 5) is 3.86. The monoisotopic (exact) mass is 341 g/mol. The van der Waals surface area contributed by atoms with Crippen LogP contribution in [0.4, 0.5) is 0 Å². The standard InChI is InChI=1S/C13H12ClN3O2S2/c1-17-6-13(15-8-17)21(18,19)16-5-9-7-20-12-3-2-10(14)4-11(9)12/h2-4,6-8,16H,5H2,1H3. The molecule has 21 heavy (non-hydrogen) atoms. The van der Waals surface area contributed by atoms with E-state index in [4.69, 9.17) is 11.6 Å². The van der Waals surface area contributed by atoms with Gasteiger partial charge in [-0.1, -0.05) is 11.6 Å². The summed E-state index contributed by atoms with van der Waals surface area (Å²) in [5.74, 6) is 0. The summed E-state index contributed by atoms with van der Waals surface area (Å²) in [6.07, 6.45) is 2.92. The van der Waals surface area contributed by atoms with E-state index in [-0.39, 0.29) is 11.6 Å². The van der Waals surface area contributed by atoms with Crippen molar-refractivity contribution in [2.24, 2.45) is 7.05 Å². The molecule has 5 nitrogen and oxygen atoms in total. The second kappa shape index (κ2) is 5.42. The van der Waals surface area contributed by atoms with E-state index >= 15 is 0 Å². The molecule has 0 aliphatic carbocycles. The van der Waals surface area contributed by atoms with Gasteiger partial charge in [0.25, 0.3) is 10.0 Å². The molecule has 1 N–H and O–H groups in total. The van der Waals surface area contributed by atoms with Crippen LogP contribution in [-0.2, 0) is 23.6 Å². The van der Waals surface area contributed by atoms with E-state index < -0.39 is 10.0 Å². The Kier molecular flexibility index (Phi) is 3.75. The van der Waals surface area contributed by atoms with Gasteiger partial charge < -0.3 is 4.57 Å². The van der Waals surface area contributed by atoms with Crippen LogP contribution in [0.5, 0.6) is 0 Å². The molecule has 0 spiro atoms. The largest absolute Gasteiger partial charge is 0.339 e. The van der Waals surface area contributed by atoms with Crippen molar-refractivity contribution >= 4 is 43.0 Å². The van der Waals surface area contributed by atoms with E-state index in [1.54, 1.807) is 23.0 Å². The molecule has 3 rings (SSSR count). The molecule has 3 aromatic rings. The summed E-state index contributed by atoms with van der Waals surface area (Å²) in [5, 5.41) is 3.55. The molecule has 0 saturated heterocycles. The molecular weight excluding hydrogens is 330 g/mol. The highest BCUT2D eigenvalue weighted by Gasteiger charge is 2.17. The number of aryl methyl sites for hydroxylation is 1. The lowest BCUT2D eigenvalue weighted by atomic mass is 10.2. The zero-order valence-corrected chi connectivity index (χ0v) is 13.5. The fraction of sp³-hybridized carbons (Fsp3) is 0.154. The Bertz CT molecular complexity index is 899. The van der Waals surface area contributed by atoms with Gasteiger partial charge in [0.1, 0.15) is 0 Å². The highest BCUT2D eigenvalue weighted by atomic mass is 35.5. The van der Waals surface area contributed by atoms with Crippen LogP contribution in [0.3, 0.4) is 0 Å². The molecule has 2 heterocycles. The Morgan fingerprint density at radius 3 is 2.95 bits per heavy atom. The third-order valence-electron chi connectivity index (χ3n) is 3.02. The maximum atomic E-state index is 12.1. The van der Waals surface area contributed by atoms with Crippen molar-refractivity contribution in [1.82, 2.24) is 14.3 Å². The van der Waals surface area contributed by atoms with Crippen LogP contribution in [0.25, 0.3) is 10.1 Å². The highest BCUT2D eigenvalue weighted by Crippen LogP contribution is 2.28. The topological polar surface area (TPSA) is 64.0 Å². The lowest BCUT2D eigenvalue weighted by Crippen LogP contribution is -2.23. The predicted octanol–water partition coefficient (Wildman–Crippen LogP) is 2.77. The van der Waals surface area contributed by atoms with Crippen molar-refractivity contribution in [1.29, 1.82) is 0 Å². The first kappa shape index (κ1) is 14.5. The van der Waals surface area contributed by atoms with Gasteiger partial charge in [0.15, 0.2) is 5.03 Å². The van der Waals surface area contributed by atoms with Crippen molar-refractivity contribution in [3.63, 3.8) is 0 Å². The first-order valence-corrected chi connectivity index (χ1v) is 8.83. The van der Waals surface area contributed by atoms with Gasteiger partial charge in [0, 0.05) is 29.5 Å². The number of imidazole rings is 1. The van der Waals surface area contributed by atoms with Crippen LogP contribution in [0.1, 0.15) is 5.56 Å². The maximum Gasteiger partial charge on any atom is 0.259 e. The minimum atomic E-state index is -3.60. The maximum absolute atomic E-state index is 12.1. The first-order valence-electron chi connectivity index (χ1n) is 6.09. The number of fused-ring (bicyclic) bond motifs is 1. The van der Waals surface area contributed by atoms with Crippen LogP contribution < -0.4 is 4.72 Å². The Morgan fingerprint density at radius 2 is 2.24 bits per heavy atom. The molecule has 8 heteroatoms. The summed E-state index contributed by atoms with van der Waals surface area (Å²) in [6.45, 7) is 0.208. The van der Waals surface area contributed by atoms with E-state index in [1.807, 2.05) is 23.6 Å². The van der Waals surface area contributed by atoms with Crippen molar-refractivity contribution < 1.29 is 8.42 Å². The Morgan fingerprint density at radius 1 is 1.43 bits per heavy atom. The van der Waals surface area contributed by atoms with Gasteiger partial charge in [0.2, 0.25) is 0 Å². The average molecular weight is 342 g/mol. The van der Waals surface area contributed by atoms with Crippen LogP contribution in [-0.4, -0.2) is 18.0 Å². The van der Waals surface area contributed by atoms with Gasteiger partial charge in [-0.2, -0.15) is 0 Å². The number of benzene rings is 1. The number of sulfonamides is 1. The minimum Gasteiger partial charge on any atom is -0.339 e. The summed E-state index contributed by atoms with van der Waals surface area (Å²) < 4.78 is 29.5. The first-order chi connectivity index (χ1) is 9.95. The third-order valence-corrected chi connectivity index (χ3v) is 5.56. The zero-order valence-electron chi connectivity index (χ0n) is 11.1. The van der Waals surface area contributed by atoms with Gasteiger partial charge >= 0.3 is 0 Å². The SMILES string of the molecule is Cn1cnc(S(=O)(=O)NCc2csc3ccc(Cl)cc23)c1. The normalized spacial score (nSPS) is 12.1. The lowest BCUT2D eigenvalue weighted by molar-refractivity contribution is 0.578. The third kappa shape index (κ3) is 2.96. The average Bonchev–Trinajstić information content (AvgIpc) is 3.03. The van der Waals surface area contributed by atoms with Gasteiger partial charge in [-0.05, 0) is 34.5 Å². The molecular formula is C13H12ClN3O2S2. The molecule has 0 bridgehead atoms. The van der Waals surface area contributed by atoms with Crippen LogP contribution in [0.2, 0.25) is 5.02 Å². The quantitative estimate of drug-likeness (QED) is 0.793. The Labute approximate surface area is 131 Å². The molecule has 1 aromatic carbocycles. The molecule has 2 aromatic heterocycles. The minimum absolute atomic E-state index is 0.0163. The summed E-state index contributed by atoms with van der Waals surface area (Å²) in [5.41, 5.74) is 0.900. The summed E-state index contributed by atoms with van der Waals surface area (Å²) in [6, 6.07) is 5.60. The van der Waals surface area contributed by atoms with Crippen LogP contribution >= 0.6 is 22.9 Å². The van der Waals surface area contributed by atoms with Crippen molar-refractivity contribution in [3.8, 4) is 0 Å². The van der Waals surface area contributed by atoms with Gasteiger partial charge in [-0.3, -0.25) is 0 Å². The molecule has 110 valence electrons. The molecule has 0 fully saturated rings. The number of rotatable bonds is 4. The lowest BCUT2D eigenvalue weighted by Gasteiger charge is -2.03. The van der Waals surface area contributed by atoms with Crippen molar-refractivity contribution in [2.45, 2.75) is 11.6 Å². The van der Waals surface area contributed by atoms with Crippen molar-refractivity contribution in [3.05, 3.63) is 46.7 Å². The molecule has 0 saturated carbocycles. The van der Waals surface area contributed by atoms with E-state index in [0.29, 0.717) is 5.02 Å². The number of halogens is 1. The Hall–Kier alpha value is -1.41. The van der Waals surface area contributed by atoms with E-state index in [1.165, 1.54) is 12.5 Å². The van der Waals surface area contributed by atoms with Crippen LogP contribution in [0.15, 0.2) is 41.1 Å². The van der Waals surface area contributed by atoms with Gasteiger partial charge in [-0.15, -0.1) is 11.3 Å². The molecule has 0 unspecified atom stereocenters. The van der Waals surface area contributed by atoms with Gasteiger partial charge in [0.05, 0.1) is 6.33 Å². The summed E-state index contributed by atoms with van der Waals surface area (Å²) >= 11 is 7.55. The van der Waals surface area contributed by atoms with Crippen LogP contribution in [0, 0.1) is 0 Å². The number of nitrogens with zero attached hydrogens (tertiary/aromatic N) is 2. The molecule has 0 aliphatic rings.